The predicted molar refractivity (Wildman–Crippen MR) is 186 cm³/mol. The number of benzene rings is 7. The molecule has 7 rings (SSSR count). The van der Waals surface area contributed by atoms with E-state index in [2.05, 4.69) is 25.8 Å². The van der Waals surface area contributed by atoms with Crippen LogP contribution in [0, 0.1) is 0 Å². The quantitative estimate of drug-likeness (QED) is 0.141. The van der Waals surface area contributed by atoms with Crippen LogP contribution in [0.15, 0.2) is 164 Å². The molecule has 0 atom stereocenters. The maximum absolute atomic E-state index is 12.3. The van der Waals surface area contributed by atoms with E-state index < -0.39 is 20.2 Å². The molecule has 0 radical (unpaired) electrons. The zero-order valence-electron chi connectivity index (χ0n) is 27.3. The Morgan fingerprint density at radius 1 is 0.412 bits per heavy atom. The van der Waals surface area contributed by atoms with Crippen LogP contribution in [0.3, 0.4) is 0 Å². The number of azo groups is 2. The molecule has 7 aromatic rings. The van der Waals surface area contributed by atoms with Crippen molar-refractivity contribution in [2.75, 3.05) is 5.32 Å². The van der Waals surface area contributed by atoms with Crippen molar-refractivity contribution in [3.63, 3.8) is 0 Å². The summed E-state index contributed by atoms with van der Waals surface area (Å²) in [4.78, 5) is -0.708. The molecule has 0 aromatic heterocycles. The van der Waals surface area contributed by atoms with Crippen molar-refractivity contribution in [3.8, 4) is 0 Å². The van der Waals surface area contributed by atoms with Crippen LogP contribution in [0.4, 0.5) is 34.1 Å². The smallest absolute Gasteiger partial charge is 0.744 e. The van der Waals surface area contributed by atoms with Gasteiger partial charge in [-0.05, 0) is 54.6 Å². The van der Waals surface area contributed by atoms with E-state index in [1.165, 1.54) is 24.3 Å². The number of fused-ring (bicyclic) bond motifs is 3. The summed E-state index contributed by atoms with van der Waals surface area (Å²) in [6, 6.07) is 37.0. The fraction of sp³-hybridized carbons (Fsp3) is 0. The maximum atomic E-state index is 12.3. The van der Waals surface area contributed by atoms with Crippen molar-refractivity contribution < 1.29 is 85.1 Å². The standard InChI is InChI=1S/C36H25N5O6S2.2Na/c42-48(43,44)34-17-7-13-26-27(34)14-6-16-29(26)38-39-30-19-20-31(25-12-5-4-11-24(25)30)40-41-32-21-22-33(37-23-9-2-1-3-10-23)36-28(32)15-8-18-35(36)49(45,46)47;;/h1-22,37H,(H,42,43,44)(H,45,46,47);;/q;2*+1/p-2/b39-38+,41-40+;;. The molecule has 0 saturated heterocycles. The van der Waals surface area contributed by atoms with E-state index in [0.717, 1.165) is 0 Å². The van der Waals surface area contributed by atoms with Crippen molar-refractivity contribution in [1.29, 1.82) is 0 Å². The second-order valence-electron chi connectivity index (χ2n) is 10.9. The minimum atomic E-state index is -4.83. The zero-order chi connectivity index (χ0) is 34.2. The predicted octanol–water partition coefficient (Wildman–Crippen LogP) is 3.54. The first-order valence-electron chi connectivity index (χ1n) is 14.7. The summed E-state index contributed by atoms with van der Waals surface area (Å²) in [7, 11) is -9.52. The molecule has 0 bridgehead atoms. The van der Waals surface area contributed by atoms with Crippen LogP contribution in [-0.2, 0) is 20.2 Å². The second-order valence-corrected chi connectivity index (χ2v) is 13.6. The first-order chi connectivity index (χ1) is 23.6. The van der Waals surface area contributed by atoms with Crippen LogP contribution in [0.25, 0.3) is 32.3 Å². The molecule has 0 aliphatic heterocycles. The van der Waals surface area contributed by atoms with Gasteiger partial charge in [0.2, 0.25) is 0 Å². The molecule has 242 valence electrons. The van der Waals surface area contributed by atoms with E-state index in [1.54, 1.807) is 54.6 Å². The maximum Gasteiger partial charge on any atom is 1.00 e. The summed E-state index contributed by atoms with van der Waals surface area (Å²) >= 11 is 0. The number of anilines is 2. The summed E-state index contributed by atoms with van der Waals surface area (Å²) in [6.07, 6.45) is 0. The molecule has 0 saturated carbocycles. The van der Waals surface area contributed by atoms with E-state index >= 15 is 0 Å². The third kappa shape index (κ3) is 8.13. The van der Waals surface area contributed by atoms with Gasteiger partial charge in [-0.1, -0.05) is 78.9 Å². The average Bonchev–Trinajstić information content (AvgIpc) is 3.09. The molecular weight excluding hydrogens is 709 g/mol. The van der Waals surface area contributed by atoms with Crippen LogP contribution >= 0.6 is 0 Å². The molecule has 15 heteroatoms. The molecule has 7 aromatic carbocycles. The summed E-state index contributed by atoms with van der Waals surface area (Å²) in [5.74, 6) is 0. The van der Waals surface area contributed by atoms with E-state index in [4.69, 9.17) is 0 Å². The zero-order valence-corrected chi connectivity index (χ0v) is 32.9. The number of hydrogen-bond donors (Lipinski definition) is 1. The molecule has 0 aliphatic rings. The minimum absolute atomic E-state index is 0. The number of nitrogens with one attached hydrogen (secondary N) is 1. The Balaban J connectivity index is 0.00000252. The molecular formula is C36H23N5Na2O6S2. The molecule has 0 aliphatic carbocycles. The molecule has 1 N–H and O–H groups in total. The Labute approximate surface area is 337 Å². The van der Waals surface area contributed by atoms with Gasteiger partial charge >= 0.3 is 59.1 Å². The third-order valence-electron chi connectivity index (χ3n) is 7.84. The van der Waals surface area contributed by atoms with Crippen LogP contribution in [0.1, 0.15) is 0 Å². The van der Waals surface area contributed by atoms with Crippen LogP contribution in [0.2, 0.25) is 0 Å². The Morgan fingerprint density at radius 2 is 0.824 bits per heavy atom. The Kier molecular flexibility index (Phi) is 11.9. The number of para-hydroxylation sites is 1. The van der Waals surface area contributed by atoms with Crippen molar-refractivity contribution in [2.45, 2.75) is 9.79 Å². The number of hydrogen-bond acceptors (Lipinski definition) is 11. The molecule has 0 fully saturated rings. The van der Waals surface area contributed by atoms with E-state index in [0.29, 0.717) is 55.7 Å². The normalized spacial score (nSPS) is 12.0. The van der Waals surface area contributed by atoms with Gasteiger partial charge < -0.3 is 14.4 Å². The van der Waals surface area contributed by atoms with Crippen LogP contribution in [-0.4, -0.2) is 25.9 Å². The van der Waals surface area contributed by atoms with Crippen molar-refractivity contribution in [1.82, 2.24) is 0 Å². The summed E-state index contributed by atoms with van der Waals surface area (Å²) in [5, 5.41) is 23.8. The van der Waals surface area contributed by atoms with E-state index in [1.807, 2.05) is 54.6 Å². The minimum Gasteiger partial charge on any atom is -0.744 e. The van der Waals surface area contributed by atoms with Crippen molar-refractivity contribution in [2.24, 2.45) is 20.5 Å². The first-order valence-corrected chi connectivity index (χ1v) is 17.6. The largest absolute Gasteiger partial charge is 1.00 e. The Hall–Kier alpha value is -3.86. The van der Waals surface area contributed by atoms with Gasteiger partial charge in [-0.25, -0.2) is 16.8 Å². The van der Waals surface area contributed by atoms with Gasteiger partial charge in [0.15, 0.2) is 0 Å². The molecule has 11 nitrogen and oxygen atoms in total. The number of rotatable bonds is 8. The molecule has 0 spiro atoms. The Bertz CT molecular complexity index is 2710. The van der Waals surface area contributed by atoms with E-state index in [-0.39, 0.29) is 79.7 Å². The van der Waals surface area contributed by atoms with Gasteiger partial charge in [-0.2, -0.15) is 0 Å². The molecule has 0 unspecified atom stereocenters. The van der Waals surface area contributed by atoms with Gasteiger partial charge in [0, 0.05) is 43.7 Å². The average molecular weight is 732 g/mol. The molecule has 51 heavy (non-hydrogen) atoms. The summed E-state index contributed by atoms with van der Waals surface area (Å²) < 4.78 is 72.3. The summed E-state index contributed by atoms with van der Waals surface area (Å²) in [6.45, 7) is 0. The van der Waals surface area contributed by atoms with Crippen LogP contribution in [0.5, 0.6) is 0 Å². The molecule has 0 amide bonds. The fourth-order valence-electron chi connectivity index (χ4n) is 5.66. The van der Waals surface area contributed by atoms with Crippen molar-refractivity contribution in [3.05, 3.63) is 133 Å². The van der Waals surface area contributed by atoms with Gasteiger partial charge in [-0.15, -0.1) is 20.5 Å². The van der Waals surface area contributed by atoms with Gasteiger partial charge in [-0.3, -0.25) is 0 Å². The van der Waals surface area contributed by atoms with Gasteiger partial charge in [0.1, 0.15) is 20.2 Å². The van der Waals surface area contributed by atoms with Gasteiger partial charge in [0.05, 0.1) is 32.5 Å². The monoisotopic (exact) mass is 731 g/mol. The third-order valence-corrected chi connectivity index (χ3v) is 9.61. The Morgan fingerprint density at radius 3 is 1.41 bits per heavy atom. The topological polar surface area (TPSA) is 176 Å². The second kappa shape index (κ2) is 15.8. The van der Waals surface area contributed by atoms with Crippen molar-refractivity contribution >= 4 is 86.7 Å². The van der Waals surface area contributed by atoms with Gasteiger partial charge in [0.25, 0.3) is 0 Å². The van der Waals surface area contributed by atoms with E-state index in [9.17, 15) is 25.9 Å². The summed E-state index contributed by atoms with van der Waals surface area (Å²) in [5.41, 5.74) is 2.87. The first kappa shape index (κ1) is 38.4. The SMILES string of the molecule is O=S(=O)([O-])c1cccc2c(/N=N/c3ccc(/N=N/c4ccc(Nc5ccccc5)c5c(S(=O)(=O)[O-])cccc45)c4ccccc34)cccc12.[Na+].[Na+]. The van der Waals surface area contributed by atoms with Crippen LogP contribution < -0.4 is 64.4 Å². The fourth-order valence-corrected chi connectivity index (χ4v) is 7.07. The molecule has 0 heterocycles. The number of nitrogens with zero attached hydrogens (tertiary/aromatic N) is 4.